The normalized spacial score (nSPS) is 12.0. The molecular weight excluding hydrogens is 446 g/mol. The van der Waals surface area contributed by atoms with Crippen LogP contribution in [0, 0.1) is 13.8 Å². The molecule has 30 heavy (non-hydrogen) atoms. The first-order chi connectivity index (χ1) is 14.0. The Kier molecular flexibility index (Phi) is 6.37. The van der Waals surface area contributed by atoms with E-state index in [2.05, 4.69) is 10.3 Å². The van der Waals surface area contributed by atoms with Gasteiger partial charge in [0.25, 0.3) is 5.91 Å². The summed E-state index contributed by atoms with van der Waals surface area (Å²) in [4.78, 5) is 17.2. The van der Waals surface area contributed by atoms with Gasteiger partial charge in [-0.3, -0.25) is 10.1 Å². The van der Waals surface area contributed by atoms with Crippen LogP contribution in [0.4, 0.5) is 5.13 Å². The van der Waals surface area contributed by atoms with Crippen LogP contribution in [-0.2, 0) is 10.0 Å². The molecule has 1 amide bonds. The van der Waals surface area contributed by atoms with Gasteiger partial charge in [-0.15, -0.1) is 11.3 Å². The van der Waals surface area contributed by atoms with Crippen molar-refractivity contribution in [3.05, 3.63) is 51.8 Å². The molecule has 1 N–H and O–H groups in total. The van der Waals surface area contributed by atoms with Crippen LogP contribution in [0.2, 0.25) is 5.02 Å². The van der Waals surface area contributed by atoms with Crippen molar-refractivity contribution in [1.29, 1.82) is 0 Å². The molecule has 0 atom stereocenters. The minimum atomic E-state index is -3.75. The molecule has 0 saturated carbocycles. The van der Waals surface area contributed by atoms with Gasteiger partial charge in [0.1, 0.15) is 11.5 Å². The van der Waals surface area contributed by atoms with Crippen molar-refractivity contribution in [1.82, 2.24) is 9.29 Å². The van der Waals surface area contributed by atoms with Gasteiger partial charge >= 0.3 is 0 Å². The number of rotatable bonds is 6. The molecule has 0 bridgehead atoms. The summed E-state index contributed by atoms with van der Waals surface area (Å²) in [6.07, 6.45) is 0. The third-order valence-corrected chi connectivity index (χ3v) is 7.75. The molecule has 0 saturated heterocycles. The maximum absolute atomic E-state index is 12.8. The first kappa shape index (κ1) is 22.5. The second-order valence-corrected chi connectivity index (χ2v) is 10.3. The van der Waals surface area contributed by atoms with E-state index in [9.17, 15) is 13.2 Å². The molecule has 2 aromatic heterocycles. The molecule has 0 aliphatic heterocycles. The number of amides is 1. The molecule has 7 nitrogen and oxygen atoms in total. The molecule has 3 aromatic rings. The fourth-order valence-electron chi connectivity index (χ4n) is 2.79. The Labute approximate surface area is 184 Å². The van der Waals surface area contributed by atoms with E-state index < -0.39 is 15.9 Å². The van der Waals surface area contributed by atoms with Crippen molar-refractivity contribution in [2.45, 2.75) is 38.6 Å². The van der Waals surface area contributed by atoms with E-state index in [0.29, 0.717) is 10.8 Å². The summed E-state index contributed by atoms with van der Waals surface area (Å²) in [6, 6.07) is 5.73. The number of carbonyl (C=O) groups is 1. The molecule has 3 rings (SSSR count). The smallest absolute Gasteiger partial charge is 0.259 e. The van der Waals surface area contributed by atoms with Crippen LogP contribution in [0.1, 0.15) is 35.7 Å². The SMILES string of the molecule is Cc1cc(-c2csc(NC(=O)c3cc(S(=O)(=O)N(C)C(C)C)ccc3Cl)n2)c(C)o1. The maximum atomic E-state index is 12.8. The third kappa shape index (κ3) is 4.44. The average Bonchev–Trinajstić information content (AvgIpc) is 3.26. The second kappa shape index (κ2) is 8.50. The Morgan fingerprint density at radius 3 is 2.57 bits per heavy atom. The van der Waals surface area contributed by atoms with Crippen LogP contribution in [0.5, 0.6) is 0 Å². The number of aryl methyl sites for hydroxylation is 2. The molecule has 160 valence electrons. The summed E-state index contributed by atoms with van der Waals surface area (Å²) >= 11 is 7.43. The van der Waals surface area contributed by atoms with Gasteiger partial charge in [-0.25, -0.2) is 13.4 Å². The number of halogens is 1. The highest BCUT2D eigenvalue weighted by atomic mass is 35.5. The molecule has 2 heterocycles. The molecule has 0 radical (unpaired) electrons. The van der Waals surface area contributed by atoms with Crippen LogP contribution in [-0.4, -0.2) is 36.7 Å². The van der Waals surface area contributed by atoms with Gasteiger partial charge < -0.3 is 4.42 Å². The van der Waals surface area contributed by atoms with E-state index in [1.807, 2.05) is 25.3 Å². The number of thiazole rings is 1. The van der Waals surface area contributed by atoms with E-state index in [-0.39, 0.29) is 21.5 Å². The van der Waals surface area contributed by atoms with Crippen LogP contribution < -0.4 is 5.32 Å². The van der Waals surface area contributed by atoms with Crippen molar-refractivity contribution < 1.29 is 17.6 Å². The van der Waals surface area contributed by atoms with Crippen molar-refractivity contribution in [2.24, 2.45) is 0 Å². The van der Waals surface area contributed by atoms with Crippen molar-refractivity contribution in [2.75, 3.05) is 12.4 Å². The van der Waals surface area contributed by atoms with Gasteiger partial charge in [0.05, 0.1) is 21.2 Å². The van der Waals surface area contributed by atoms with Gasteiger partial charge in [0, 0.05) is 24.0 Å². The number of nitrogens with one attached hydrogen (secondary N) is 1. The summed E-state index contributed by atoms with van der Waals surface area (Å²) in [5, 5.41) is 5.03. The van der Waals surface area contributed by atoms with Crippen LogP contribution in [0.15, 0.2) is 39.0 Å². The number of anilines is 1. The van der Waals surface area contributed by atoms with Crippen LogP contribution in [0.3, 0.4) is 0 Å². The number of hydrogen-bond acceptors (Lipinski definition) is 6. The number of carbonyl (C=O) groups excluding carboxylic acids is 1. The fourth-order valence-corrected chi connectivity index (χ4v) is 5.09. The van der Waals surface area contributed by atoms with Gasteiger partial charge in [0.2, 0.25) is 10.0 Å². The van der Waals surface area contributed by atoms with Crippen LogP contribution >= 0.6 is 22.9 Å². The quantitative estimate of drug-likeness (QED) is 0.553. The summed E-state index contributed by atoms with van der Waals surface area (Å²) in [5.74, 6) is 0.980. The van der Waals surface area contributed by atoms with Gasteiger partial charge in [-0.05, 0) is 52.0 Å². The van der Waals surface area contributed by atoms with Crippen molar-refractivity contribution in [3.8, 4) is 11.3 Å². The van der Waals surface area contributed by atoms with E-state index in [0.717, 1.165) is 17.1 Å². The highest BCUT2D eigenvalue weighted by Crippen LogP contribution is 2.30. The largest absolute Gasteiger partial charge is 0.466 e. The Morgan fingerprint density at radius 1 is 1.27 bits per heavy atom. The fraction of sp³-hybridized carbons (Fsp3) is 0.300. The van der Waals surface area contributed by atoms with E-state index in [1.165, 1.54) is 40.9 Å². The zero-order valence-electron chi connectivity index (χ0n) is 17.2. The first-order valence-electron chi connectivity index (χ1n) is 9.12. The Hall–Kier alpha value is -2.20. The lowest BCUT2D eigenvalue weighted by Gasteiger charge is -2.21. The van der Waals surface area contributed by atoms with E-state index >= 15 is 0 Å². The molecule has 0 unspecified atom stereocenters. The summed E-state index contributed by atoms with van der Waals surface area (Å²) in [5.41, 5.74) is 1.60. The topological polar surface area (TPSA) is 92.5 Å². The first-order valence-corrected chi connectivity index (χ1v) is 11.8. The Morgan fingerprint density at radius 2 is 1.97 bits per heavy atom. The van der Waals surface area contributed by atoms with Crippen molar-refractivity contribution >= 4 is 44.0 Å². The zero-order valence-corrected chi connectivity index (χ0v) is 19.6. The van der Waals surface area contributed by atoms with Crippen molar-refractivity contribution in [3.63, 3.8) is 0 Å². The molecule has 0 aliphatic rings. The summed E-state index contributed by atoms with van der Waals surface area (Å²) < 4.78 is 32.2. The number of furan rings is 1. The van der Waals surface area contributed by atoms with E-state index in [4.69, 9.17) is 16.0 Å². The van der Waals surface area contributed by atoms with Gasteiger partial charge in [-0.2, -0.15) is 4.31 Å². The summed E-state index contributed by atoms with van der Waals surface area (Å²) in [6.45, 7) is 7.24. The maximum Gasteiger partial charge on any atom is 0.259 e. The average molecular weight is 468 g/mol. The highest BCUT2D eigenvalue weighted by Gasteiger charge is 2.25. The highest BCUT2D eigenvalue weighted by molar-refractivity contribution is 7.89. The molecule has 0 fully saturated rings. The lowest BCUT2D eigenvalue weighted by molar-refractivity contribution is 0.102. The Bertz CT molecular complexity index is 1200. The number of nitrogens with zero attached hydrogens (tertiary/aromatic N) is 2. The number of sulfonamides is 1. The predicted octanol–water partition coefficient (Wildman–Crippen LogP) is 4.95. The molecular formula is C20H22ClN3O4S2. The minimum Gasteiger partial charge on any atom is -0.466 e. The molecule has 0 spiro atoms. The van der Waals surface area contributed by atoms with Gasteiger partial charge in [0.15, 0.2) is 5.13 Å². The monoisotopic (exact) mass is 467 g/mol. The third-order valence-electron chi connectivity index (χ3n) is 4.63. The molecule has 10 heteroatoms. The predicted molar refractivity (Wildman–Crippen MR) is 119 cm³/mol. The number of benzene rings is 1. The second-order valence-electron chi connectivity index (χ2n) is 7.08. The lowest BCUT2D eigenvalue weighted by atomic mass is 10.2. The number of hydrogen-bond donors (Lipinski definition) is 1. The standard InChI is InChI=1S/C20H22ClN3O4S2/c1-11(2)24(5)30(26,27)14-6-7-17(21)16(9-14)19(25)23-20-22-18(10-29-20)15-8-12(3)28-13(15)4/h6-11H,1-5H3,(H,22,23,25). The number of aromatic nitrogens is 1. The summed E-state index contributed by atoms with van der Waals surface area (Å²) in [7, 11) is -2.26. The van der Waals surface area contributed by atoms with Gasteiger partial charge in [-0.1, -0.05) is 11.6 Å². The van der Waals surface area contributed by atoms with E-state index in [1.54, 1.807) is 13.8 Å². The molecule has 0 aliphatic carbocycles. The minimum absolute atomic E-state index is 0.00225. The molecule has 1 aromatic carbocycles. The Balaban J connectivity index is 1.87. The lowest BCUT2D eigenvalue weighted by Crippen LogP contribution is -2.33. The zero-order chi connectivity index (χ0) is 22.2. The van der Waals surface area contributed by atoms with Crippen LogP contribution in [0.25, 0.3) is 11.3 Å².